The number of carbonyl (C=O) groups excluding carboxylic acids is 3. The molecule has 0 aliphatic heterocycles. The molecule has 0 N–H and O–H groups in total. The Hall–Kier alpha value is -1.59. The van der Waals surface area contributed by atoms with Crippen LogP contribution in [0.2, 0.25) is 0 Å². The number of hydrogen-bond acceptors (Lipinski definition) is 6. The van der Waals surface area contributed by atoms with Gasteiger partial charge < -0.3 is 14.2 Å². The molecule has 0 rings (SSSR count). The largest absolute Gasteiger partial charge is 0.462 e. The summed E-state index contributed by atoms with van der Waals surface area (Å²) >= 11 is 0. The van der Waals surface area contributed by atoms with Crippen LogP contribution in [-0.4, -0.2) is 37.2 Å². The molecule has 0 aromatic heterocycles. The summed E-state index contributed by atoms with van der Waals surface area (Å²) in [6.45, 7) is 9.01. The summed E-state index contributed by atoms with van der Waals surface area (Å²) in [4.78, 5) is 37.9. The summed E-state index contributed by atoms with van der Waals surface area (Å²) in [7, 11) is 0. The molecule has 0 fully saturated rings. The van der Waals surface area contributed by atoms with E-state index in [9.17, 15) is 14.4 Å². The van der Waals surface area contributed by atoms with Gasteiger partial charge in [-0.3, -0.25) is 14.4 Å². The Labute approximate surface area is 368 Å². The van der Waals surface area contributed by atoms with E-state index < -0.39 is 6.10 Å². The van der Waals surface area contributed by atoms with E-state index in [1.165, 1.54) is 193 Å². The zero-order valence-corrected chi connectivity index (χ0v) is 40.2. The van der Waals surface area contributed by atoms with E-state index >= 15 is 0 Å². The first-order chi connectivity index (χ1) is 28.9. The van der Waals surface area contributed by atoms with E-state index in [-0.39, 0.29) is 31.1 Å². The maximum Gasteiger partial charge on any atom is 0.306 e. The lowest BCUT2D eigenvalue weighted by molar-refractivity contribution is -0.167. The first-order valence-corrected chi connectivity index (χ1v) is 26.4. The summed E-state index contributed by atoms with van der Waals surface area (Å²) in [5.74, 6) is -0.0315. The molecule has 0 aromatic carbocycles. The Balaban J connectivity index is 4.29. The van der Waals surface area contributed by atoms with Gasteiger partial charge in [-0.15, -0.1) is 0 Å². The molecule has 0 aliphatic rings. The average molecular weight is 835 g/mol. The predicted octanol–water partition coefficient (Wildman–Crippen LogP) is 17.1. The highest BCUT2D eigenvalue weighted by atomic mass is 16.6. The number of esters is 3. The van der Waals surface area contributed by atoms with Gasteiger partial charge in [0.1, 0.15) is 13.2 Å². The molecule has 0 spiro atoms. The van der Waals surface area contributed by atoms with Crippen molar-refractivity contribution in [2.24, 2.45) is 5.92 Å². The van der Waals surface area contributed by atoms with E-state index in [0.29, 0.717) is 19.3 Å². The molecule has 0 heterocycles. The van der Waals surface area contributed by atoms with Gasteiger partial charge in [0.25, 0.3) is 0 Å². The third-order valence-corrected chi connectivity index (χ3v) is 12.4. The molecule has 6 nitrogen and oxygen atoms in total. The number of carbonyl (C=O) groups is 3. The summed E-state index contributed by atoms with van der Waals surface area (Å²) in [5.41, 5.74) is 0. The highest BCUT2D eigenvalue weighted by molar-refractivity contribution is 5.71. The van der Waals surface area contributed by atoms with Gasteiger partial charge >= 0.3 is 17.9 Å². The second-order valence-electron chi connectivity index (χ2n) is 18.4. The van der Waals surface area contributed by atoms with Crippen molar-refractivity contribution < 1.29 is 28.6 Å². The number of ether oxygens (including phenoxy) is 3. The van der Waals surface area contributed by atoms with Crippen molar-refractivity contribution in [2.45, 2.75) is 303 Å². The Morgan fingerprint density at radius 2 is 0.593 bits per heavy atom. The van der Waals surface area contributed by atoms with Crippen molar-refractivity contribution in [3.8, 4) is 0 Å². The van der Waals surface area contributed by atoms with E-state index in [0.717, 1.165) is 63.7 Å². The van der Waals surface area contributed by atoms with Gasteiger partial charge in [-0.25, -0.2) is 0 Å². The molecule has 0 aromatic rings. The average Bonchev–Trinajstić information content (AvgIpc) is 3.23. The van der Waals surface area contributed by atoms with Crippen molar-refractivity contribution in [3.05, 3.63) is 0 Å². The van der Waals surface area contributed by atoms with Crippen molar-refractivity contribution in [3.63, 3.8) is 0 Å². The molecular formula is C53H102O6. The van der Waals surface area contributed by atoms with Crippen molar-refractivity contribution in [1.29, 1.82) is 0 Å². The second kappa shape index (κ2) is 47.5. The number of hydrogen-bond donors (Lipinski definition) is 0. The molecule has 2 atom stereocenters. The molecule has 0 saturated heterocycles. The summed E-state index contributed by atoms with van der Waals surface area (Å²) in [6.07, 6.45) is 49.5. The minimum absolute atomic E-state index is 0.0633. The van der Waals surface area contributed by atoms with Crippen LogP contribution < -0.4 is 0 Å². The predicted molar refractivity (Wildman–Crippen MR) is 252 cm³/mol. The zero-order valence-electron chi connectivity index (χ0n) is 40.2. The minimum Gasteiger partial charge on any atom is -0.462 e. The number of rotatable bonds is 48. The summed E-state index contributed by atoms with van der Waals surface area (Å²) in [5, 5.41) is 0. The third-order valence-electron chi connectivity index (χ3n) is 12.4. The fourth-order valence-corrected chi connectivity index (χ4v) is 8.01. The maximum absolute atomic E-state index is 12.8. The van der Waals surface area contributed by atoms with Gasteiger partial charge in [-0.2, -0.15) is 0 Å². The smallest absolute Gasteiger partial charge is 0.306 e. The normalized spacial score (nSPS) is 12.4. The molecule has 6 heteroatoms. The van der Waals surface area contributed by atoms with E-state index in [4.69, 9.17) is 14.2 Å². The van der Waals surface area contributed by atoms with Crippen LogP contribution in [0, 0.1) is 5.92 Å². The maximum atomic E-state index is 12.8. The molecule has 350 valence electrons. The van der Waals surface area contributed by atoms with Crippen LogP contribution in [0.1, 0.15) is 297 Å². The van der Waals surface area contributed by atoms with Crippen molar-refractivity contribution in [2.75, 3.05) is 13.2 Å². The Morgan fingerprint density at radius 3 is 0.881 bits per heavy atom. The molecule has 0 radical (unpaired) electrons. The SMILES string of the molecule is CCCCCCCCCCCCCCCCCCC(=O)O[C@@H](COC(=O)CCCCCCCCCCCCCCCCC)COC(=O)CCCCCCCCC(C)CC. The van der Waals surface area contributed by atoms with Crippen LogP contribution in [0.25, 0.3) is 0 Å². The fourth-order valence-electron chi connectivity index (χ4n) is 8.01. The third kappa shape index (κ3) is 45.8. The molecule has 0 aliphatic carbocycles. The van der Waals surface area contributed by atoms with Gasteiger partial charge in [0, 0.05) is 19.3 Å². The van der Waals surface area contributed by atoms with Gasteiger partial charge in [-0.1, -0.05) is 259 Å². The van der Waals surface area contributed by atoms with E-state index in [1.54, 1.807) is 0 Å². The highest BCUT2D eigenvalue weighted by Gasteiger charge is 2.19. The van der Waals surface area contributed by atoms with Gasteiger partial charge in [0.2, 0.25) is 0 Å². The molecule has 1 unspecified atom stereocenters. The highest BCUT2D eigenvalue weighted by Crippen LogP contribution is 2.18. The van der Waals surface area contributed by atoms with E-state index in [2.05, 4.69) is 27.7 Å². The quantitative estimate of drug-likeness (QED) is 0.0345. The first kappa shape index (κ1) is 57.4. The summed E-state index contributed by atoms with van der Waals surface area (Å²) in [6, 6.07) is 0. The second-order valence-corrected chi connectivity index (χ2v) is 18.4. The van der Waals surface area contributed by atoms with Crippen LogP contribution in [0.4, 0.5) is 0 Å². The van der Waals surface area contributed by atoms with Crippen molar-refractivity contribution >= 4 is 17.9 Å². The Kier molecular flexibility index (Phi) is 46.2. The Bertz CT molecular complexity index is 889. The lowest BCUT2D eigenvalue weighted by Crippen LogP contribution is -2.30. The monoisotopic (exact) mass is 835 g/mol. The molecule has 0 amide bonds. The standard InChI is InChI=1S/C53H102O6/c1-5-8-10-12-14-16-18-20-22-24-26-28-30-32-38-42-46-53(56)59-50(48-58-52(55)45-41-37-34-33-35-39-43-49(4)7-3)47-57-51(54)44-40-36-31-29-27-25-23-21-19-17-15-13-11-9-6-2/h49-50H,5-48H2,1-4H3/t49?,50-/m0/s1. The molecule has 59 heavy (non-hydrogen) atoms. The van der Waals surface area contributed by atoms with E-state index in [1.807, 2.05) is 0 Å². The van der Waals surface area contributed by atoms with Crippen molar-refractivity contribution in [1.82, 2.24) is 0 Å². The van der Waals surface area contributed by atoms with Crippen LogP contribution in [0.15, 0.2) is 0 Å². The molecular weight excluding hydrogens is 733 g/mol. The zero-order chi connectivity index (χ0) is 43.1. The van der Waals surface area contributed by atoms with Gasteiger partial charge in [-0.05, 0) is 25.2 Å². The molecule has 0 saturated carbocycles. The minimum atomic E-state index is -0.761. The van der Waals surface area contributed by atoms with Crippen LogP contribution in [0.5, 0.6) is 0 Å². The topological polar surface area (TPSA) is 78.9 Å². The molecule has 0 bridgehead atoms. The Morgan fingerprint density at radius 1 is 0.339 bits per heavy atom. The summed E-state index contributed by atoms with van der Waals surface area (Å²) < 4.78 is 16.8. The lowest BCUT2D eigenvalue weighted by atomic mass is 10.00. The van der Waals surface area contributed by atoms with Crippen LogP contribution in [0.3, 0.4) is 0 Å². The fraction of sp³-hybridized carbons (Fsp3) is 0.943. The van der Waals surface area contributed by atoms with Crippen LogP contribution >= 0.6 is 0 Å². The lowest BCUT2D eigenvalue weighted by Gasteiger charge is -2.18. The first-order valence-electron chi connectivity index (χ1n) is 26.4. The van der Waals surface area contributed by atoms with Gasteiger partial charge in [0.05, 0.1) is 0 Å². The van der Waals surface area contributed by atoms with Gasteiger partial charge in [0.15, 0.2) is 6.10 Å². The van der Waals surface area contributed by atoms with Crippen LogP contribution in [-0.2, 0) is 28.6 Å². The number of unbranched alkanes of at least 4 members (excludes halogenated alkanes) is 34.